The number of hydrogen-bond acceptors (Lipinski definition) is 1. The molecule has 0 aliphatic heterocycles. The lowest BCUT2D eigenvalue weighted by Crippen LogP contribution is -2.10. The SMILES string of the molecule is BN(C)c1cccc(C)c1. The maximum absolute atomic E-state index is 2.17. The minimum Gasteiger partial charge on any atom is -0.424 e. The van der Waals surface area contributed by atoms with Gasteiger partial charge in [0.25, 0.3) is 0 Å². The molecule has 52 valence electrons. The van der Waals surface area contributed by atoms with Crippen molar-refractivity contribution in [3.8, 4) is 0 Å². The van der Waals surface area contributed by atoms with Gasteiger partial charge in [0.1, 0.15) is 0 Å². The minimum absolute atomic E-state index is 1.26. The molecule has 0 saturated carbocycles. The molecule has 1 rings (SSSR count). The smallest absolute Gasteiger partial charge is 0.217 e. The average Bonchev–Trinajstić information content (AvgIpc) is 1.88. The van der Waals surface area contributed by atoms with E-state index in [1.165, 1.54) is 11.3 Å². The molecule has 0 spiro atoms. The number of benzene rings is 1. The molecule has 1 aromatic rings. The molecule has 1 aromatic carbocycles. The van der Waals surface area contributed by atoms with Crippen molar-refractivity contribution in [1.29, 1.82) is 0 Å². The van der Waals surface area contributed by atoms with Crippen molar-refractivity contribution in [3.05, 3.63) is 29.8 Å². The number of aryl methyl sites for hydroxylation is 1. The summed E-state index contributed by atoms with van der Waals surface area (Å²) in [5.74, 6) is 0. The van der Waals surface area contributed by atoms with Gasteiger partial charge in [0.05, 0.1) is 0 Å². The van der Waals surface area contributed by atoms with Gasteiger partial charge in [-0.1, -0.05) is 12.1 Å². The van der Waals surface area contributed by atoms with Crippen LogP contribution in [0.3, 0.4) is 0 Å². The summed E-state index contributed by atoms with van der Waals surface area (Å²) in [5.41, 5.74) is 2.58. The lowest BCUT2D eigenvalue weighted by atomic mass is 10.2. The molecular weight excluding hydrogens is 121 g/mol. The zero-order valence-electron chi connectivity index (χ0n) is 6.76. The van der Waals surface area contributed by atoms with Crippen LogP contribution in [-0.2, 0) is 0 Å². The van der Waals surface area contributed by atoms with Crippen molar-refractivity contribution in [2.24, 2.45) is 0 Å². The van der Waals surface area contributed by atoms with Crippen molar-refractivity contribution >= 4 is 13.7 Å². The summed E-state index contributed by atoms with van der Waals surface area (Å²) >= 11 is 0. The van der Waals surface area contributed by atoms with E-state index in [4.69, 9.17) is 0 Å². The maximum Gasteiger partial charge on any atom is 0.217 e. The monoisotopic (exact) mass is 133 g/mol. The molecule has 0 saturated heterocycles. The molecule has 0 fully saturated rings. The van der Waals surface area contributed by atoms with Crippen LogP contribution in [0.5, 0.6) is 0 Å². The van der Waals surface area contributed by atoms with E-state index in [1.54, 1.807) is 0 Å². The maximum atomic E-state index is 2.17. The third kappa shape index (κ3) is 1.53. The fourth-order valence-corrected chi connectivity index (χ4v) is 0.906. The van der Waals surface area contributed by atoms with E-state index in [9.17, 15) is 0 Å². The highest BCUT2D eigenvalue weighted by molar-refractivity contribution is 6.17. The Morgan fingerprint density at radius 1 is 1.40 bits per heavy atom. The summed E-state index contributed by atoms with van der Waals surface area (Å²) in [7, 11) is 4.10. The Kier molecular flexibility index (Phi) is 2.00. The molecule has 0 heterocycles. The van der Waals surface area contributed by atoms with Crippen LogP contribution in [0.15, 0.2) is 24.3 Å². The molecule has 1 nitrogen and oxygen atoms in total. The van der Waals surface area contributed by atoms with Gasteiger partial charge >= 0.3 is 0 Å². The minimum atomic E-state index is 1.26. The third-order valence-electron chi connectivity index (χ3n) is 1.52. The quantitative estimate of drug-likeness (QED) is 0.516. The van der Waals surface area contributed by atoms with Crippen LogP contribution in [0.1, 0.15) is 5.56 Å². The van der Waals surface area contributed by atoms with E-state index >= 15 is 0 Å². The zero-order valence-corrected chi connectivity index (χ0v) is 6.76. The second kappa shape index (κ2) is 2.78. The van der Waals surface area contributed by atoms with Gasteiger partial charge in [-0.2, -0.15) is 0 Å². The molecule has 0 radical (unpaired) electrons. The first-order valence-corrected chi connectivity index (χ1v) is 3.44. The van der Waals surface area contributed by atoms with E-state index in [2.05, 4.69) is 51.0 Å². The Morgan fingerprint density at radius 3 is 2.50 bits per heavy atom. The Hall–Kier alpha value is -0.915. The molecule has 0 atom stereocenters. The lowest BCUT2D eigenvalue weighted by Gasteiger charge is -2.12. The van der Waals surface area contributed by atoms with Crippen LogP contribution in [0.25, 0.3) is 0 Å². The molecular formula is C8H12BN. The van der Waals surface area contributed by atoms with Crippen LogP contribution >= 0.6 is 0 Å². The summed E-state index contributed by atoms with van der Waals surface area (Å²) in [5, 5.41) is 0. The highest BCUT2D eigenvalue weighted by Crippen LogP contribution is 2.11. The molecule has 0 bridgehead atoms. The van der Waals surface area contributed by atoms with Gasteiger partial charge in [-0.3, -0.25) is 0 Å². The first-order chi connectivity index (χ1) is 4.70. The number of anilines is 1. The summed E-state index contributed by atoms with van der Waals surface area (Å²) in [6, 6.07) is 8.45. The van der Waals surface area contributed by atoms with E-state index in [0.29, 0.717) is 0 Å². The van der Waals surface area contributed by atoms with E-state index in [1.807, 2.05) is 0 Å². The van der Waals surface area contributed by atoms with Crippen LogP contribution < -0.4 is 4.81 Å². The normalized spacial score (nSPS) is 9.40. The van der Waals surface area contributed by atoms with Crippen LogP contribution in [0.4, 0.5) is 5.69 Å². The molecule has 0 aliphatic rings. The van der Waals surface area contributed by atoms with Crippen LogP contribution in [-0.4, -0.2) is 15.0 Å². The Balaban J connectivity index is 2.96. The molecule has 0 amide bonds. The molecule has 0 unspecified atom stereocenters. The first kappa shape index (κ1) is 7.20. The first-order valence-electron chi connectivity index (χ1n) is 3.44. The summed E-state index contributed by atoms with van der Waals surface area (Å²) in [4.78, 5) is 2.10. The van der Waals surface area contributed by atoms with Crippen molar-refractivity contribution in [2.75, 3.05) is 11.9 Å². The second-order valence-corrected chi connectivity index (χ2v) is 2.73. The van der Waals surface area contributed by atoms with Crippen molar-refractivity contribution < 1.29 is 0 Å². The van der Waals surface area contributed by atoms with Gasteiger partial charge in [-0.05, 0) is 31.7 Å². The van der Waals surface area contributed by atoms with Gasteiger partial charge in [0.2, 0.25) is 7.98 Å². The number of rotatable bonds is 1. The summed E-state index contributed by atoms with van der Waals surface area (Å²) in [6.45, 7) is 2.10. The van der Waals surface area contributed by atoms with Crippen LogP contribution in [0, 0.1) is 6.92 Å². The predicted molar refractivity (Wildman–Crippen MR) is 48.1 cm³/mol. The van der Waals surface area contributed by atoms with Gasteiger partial charge < -0.3 is 4.81 Å². The molecule has 0 N–H and O–H groups in total. The molecule has 0 aromatic heterocycles. The van der Waals surface area contributed by atoms with Gasteiger partial charge in [0.15, 0.2) is 0 Å². The summed E-state index contributed by atoms with van der Waals surface area (Å²) in [6.07, 6.45) is 0. The van der Waals surface area contributed by atoms with Crippen LogP contribution in [0.2, 0.25) is 0 Å². The fraction of sp³-hybridized carbons (Fsp3) is 0.250. The van der Waals surface area contributed by atoms with Gasteiger partial charge in [0, 0.05) is 5.69 Å². The fourth-order valence-electron chi connectivity index (χ4n) is 0.906. The average molecular weight is 133 g/mol. The molecule has 0 aliphatic carbocycles. The van der Waals surface area contributed by atoms with Crippen molar-refractivity contribution in [1.82, 2.24) is 0 Å². The Morgan fingerprint density at radius 2 is 2.10 bits per heavy atom. The van der Waals surface area contributed by atoms with E-state index < -0.39 is 0 Å². The number of nitrogens with zero attached hydrogens (tertiary/aromatic N) is 1. The Bertz CT molecular complexity index is 220. The largest absolute Gasteiger partial charge is 0.424 e. The molecule has 2 heteroatoms. The Labute approximate surface area is 63.1 Å². The van der Waals surface area contributed by atoms with Crippen molar-refractivity contribution in [3.63, 3.8) is 0 Å². The standard InChI is InChI=1S/C8H12BN/c1-7-4-3-5-8(6-7)10(2)9/h3-6H,9H2,1-2H3. The topological polar surface area (TPSA) is 3.24 Å². The third-order valence-corrected chi connectivity index (χ3v) is 1.52. The van der Waals surface area contributed by atoms with Gasteiger partial charge in [-0.25, -0.2) is 0 Å². The second-order valence-electron chi connectivity index (χ2n) is 2.73. The highest BCUT2D eigenvalue weighted by Gasteiger charge is 1.91. The van der Waals surface area contributed by atoms with Crippen molar-refractivity contribution in [2.45, 2.75) is 6.92 Å². The van der Waals surface area contributed by atoms with Gasteiger partial charge in [-0.15, -0.1) is 0 Å². The van der Waals surface area contributed by atoms with E-state index in [0.717, 1.165) is 0 Å². The zero-order chi connectivity index (χ0) is 7.56. The molecule has 10 heavy (non-hydrogen) atoms. The van der Waals surface area contributed by atoms with E-state index in [-0.39, 0.29) is 0 Å². The number of hydrogen-bond donors (Lipinski definition) is 0. The highest BCUT2D eigenvalue weighted by atomic mass is 15.0. The predicted octanol–water partition coefficient (Wildman–Crippen LogP) is 0.979. The summed E-state index contributed by atoms with van der Waals surface area (Å²) < 4.78 is 0. The lowest BCUT2D eigenvalue weighted by molar-refractivity contribution is 1.32.